The number of rotatable bonds is 6. The Hall–Kier alpha value is -6.26. The molecule has 6 aromatic carbocycles. The van der Waals surface area contributed by atoms with Crippen LogP contribution in [0.5, 0.6) is 5.75 Å². The van der Waals surface area contributed by atoms with Gasteiger partial charge in [0.25, 0.3) is 0 Å². The number of benzene rings is 6. The van der Waals surface area contributed by atoms with E-state index < -0.39 is 73.4 Å². The normalized spacial score (nSPS) is 17.1. The molecular weight excluding hydrogens is 767 g/mol. The number of hydrogen-bond donors (Lipinski definition) is 1. The number of hydrogen-bond acceptors (Lipinski definition) is 3. The fraction of sp³-hybridized carbons (Fsp3) is 0.288. The Labute approximate surface area is 398 Å². The predicted molar refractivity (Wildman–Crippen MR) is 267 cm³/mol. The first-order chi connectivity index (χ1) is 36.2. The Morgan fingerprint density at radius 3 is 1.90 bits per heavy atom. The third-order valence-corrected chi connectivity index (χ3v) is 11.5. The molecule has 0 aliphatic heterocycles. The van der Waals surface area contributed by atoms with Gasteiger partial charge in [-0.15, -0.1) is 0 Å². The number of imidazole rings is 1. The minimum atomic E-state index is -3.83. The highest BCUT2D eigenvalue weighted by Gasteiger charge is 2.29. The van der Waals surface area contributed by atoms with Crippen molar-refractivity contribution in [2.45, 2.75) is 111 Å². The largest absolute Gasteiger partial charge is 0.507 e. The second-order valence-electron chi connectivity index (χ2n) is 19.4. The van der Waals surface area contributed by atoms with Gasteiger partial charge < -0.3 is 5.11 Å². The molecule has 0 amide bonds. The summed E-state index contributed by atoms with van der Waals surface area (Å²) in [5.74, 6) is 0.392. The number of phenols is 1. The maximum atomic E-state index is 12.5. The highest BCUT2D eigenvalue weighted by Crippen LogP contribution is 2.45. The quantitative estimate of drug-likeness (QED) is 0.181. The molecule has 0 saturated heterocycles. The molecule has 4 heteroatoms. The van der Waals surface area contributed by atoms with Gasteiger partial charge in [-0.25, -0.2) is 4.98 Å². The van der Waals surface area contributed by atoms with Crippen molar-refractivity contribution in [1.29, 1.82) is 0 Å². The zero-order valence-electron chi connectivity index (χ0n) is 53.3. The molecule has 1 N–H and O–H groups in total. The van der Waals surface area contributed by atoms with Crippen LogP contribution in [0.1, 0.15) is 133 Å². The third-order valence-electron chi connectivity index (χ3n) is 11.5. The summed E-state index contributed by atoms with van der Waals surface area (Å²) in [4.78, 5) is 10.1. The first kappa shape index (κ1) is 27.7. The average Bonchev–Trinajstić information content (AvgIpc) is 3.59. The molecule has 0 radical (unpaired) electrons. The van der Waals surface area contributed by atoms with Crippen LogP contribution in [0.4, 0.5) is 0 Å². The van der Waals surface area contributed by atoms with Gasteiger partial charge in [0.15, 0.2) is 0 Å². The van der Waals surface area contributed by atoms with Crippen molar-refractivity contribution < 1.29 is 27.0 Å². The Kier molecular flexibility index (Phi) is 6.96. The van der Waals surface area contributed by atoms with E-state index in [4.69, 9.17) is 31.9 Å². The van der Waals surface area contributed by atoms with E-state index >= 15 is 0 Å². The smallest absolute Gasteiger partial charge is 0.149 e. The van der Waals surface area contributed by atoms with E-state index in [9.17, 15) is 5.11 Å². The molecule has 0 unspecified atom stereocenters. The molecule has 2 heterocycles. The molecule has 8 aromatic rings. The lowest BCUT2D eigenvalue weighted by Crippen LogP contribution is -2.17. The summed E-state index contributed by atoms with van der Waals surface area (Å²) in [6.45, 7) is 4.46. The van der Waals surface area contributed by atoms with Gasteiger partial charge in [-0.3, -0.25) is 9.55 Å². The van der Waals surface area contributed by atoms with Crippen molar-refractivity contribution in [3.8, 4) is 67.5 Å². The van der Waals surface area contributed by atoms with Gasteiger partial charge in [0.05, 0.1) is 27.8 Å². The van der Waals surface area contributed by atoms with Crippen LogP contribution in [-0.4, -0.2) is 19.6 Å². The van der Waals surface area contributed by atoms with Gasteiger partial charge in [0, 0.05) is 45.0 Å². The molecular formula is C59H63N3O. The first-order valence-corrected chi connectivity index (χ1v) is 21.1. The number of pyridine rings is 1. The highest BCUT2D eigenvalue weighted by atomic mass is 16.3. The molecule has 0 fully saturated rings. The summed E-state index contributed by atoms with van der Waals surface area (Å²) in [5.41, 5.74) is 1.57. The lowest BCUT2D eigenvalue weighted by molar-refractivity contribution is 0.446. The summed E-state index contributed by atoms with van der Waals surface area (Å²) in [6.07, 6.45) is 1.40. The van der Waals surface area contributed by atoms with Crippen molar-refractivity contribution in [3.63, 3.8) is 0 Å². The number of phenolic OH excluding ortho intramolecular Hbond substituents is 1. The maximum absolute atomic E-state index is 12.5. The first-order valence-electron chi connectivity index (χ1n) is 29.1. The van der Waals surface area contributed by atoms with Gasteiger partial charge >= 0.3 is 0 Å². The second kappa shape index (κ2) is 15.8. The molecule has 0 aliphatic carbocycles. The molecule has 320 valence electrons. The maximum Gasteiger partial charge on any atom is 0.149 e. The van der Waals surface area contributed by atoms with E-state index in [1.165, 1.54) is 18.3 Å². The molecule has 0 atom stereocenters. The summed E-state index contributed by atoms with van der Waals surface area (Å²) in [5, 5.41) is 12.5. The fourth-order valence-corrected chi connectivity index (χ4v) is 7.88. The Morgan fingerprint density at radius 1 is 0.540 bits per heavy atom. The van der Waals surface area contributed by atoms with Gasteiger partial charge in [-0.1, -0.05) is 168 Å². The van der Waals surface area contributed by atoms with Crippen LogP contribution in [0.3, 0.4) is 0 Å². The topological polar surface area (TPSA) is 50.9 Å². The Balaban J connectivity index is 1.40. The van der Waals surface area contributed by atoms with Crippen LogP contribution in [0, 0.1) is 6.85 Å². The minimum Gasteiger partial charge on any atom is -0.507 e. The van der Waals surface area contributed by atoms with E-state index in [1.807, 2.05) is 131 Å². The van der Waals surface area contributed by atoms with Crippen LogP contribution in [-0.2, 0) is 21.7 Å². The van der Waals surface area contributed by atoms with E-state index in [-0.39, 0.29) is 27.9 Å². The van der Waals surface area contributed by atoms with Gasteiger partial charge in [-0.2, -0.15) is 0 Å². The van der Waals surface area contributed by atoms with Crippen LogP contribution >= 0.6 is 0 Å². The molecule has 4 nitrogen and oxygen atoms in total. The third kappa shape index (κ3) is 8.61. The SMILES string of the molecule is [2H]c1c([2H])c(C(C([2H])([2H])[2H])(C([2H])([2H])[2H])C([2H])([2H])[2H])c([2H])c([2H])c1-c1ccnc(-c2cc(-c3cccc4c3nc(-c3cc(C(C)(C)C)cc(C(C)(C)C)c3O)n4-c3ccc(-c4ccccc4)c(C([2H])([2H])[2H])c3)cc(C(C)(C)C)c2)c1. The zero-order valence-corrected chi connectivity index (χ0v) is 37.3. The number of aryl methyl sites for hydroxylation is 1. The van der Waals surface area contributed by atoms with Crippen molar-refractivity contribution in [3.05, 3.63) is 167 Å². The molecule has 8 rings (SSSR count). The predicted octanol–water partition coefficient (Wildman–Crippen LogP) is 16.0. The number of aromatic hydroxyl groups is 1. The van der Waals surface area contributed by atoms with Crippen LogP contribution in [0.15, 0.2) is 140 Å². The van der Waals surface area contributed by atoms with E-state index in [1.54, 1.807) is 12.1 Å². The van der Waals surface area contributed by atoms with Gasteiger partial charge in [0.2, 0.25) is 0 Å². The van der Waals surface area contributed by atoms with E-state index in [0.717, 1.165) is 16.7 Å². The summed E-state index contributed by atoms with van der Waals surface area (Å²) >= 11 is 0. The van der Waals surface area contributed by atoms with Crippen LogP contribution in [0.25, 0.3) is 72.7 Å². The molecule has 63 heavy (non-hydrogen) atoms. The van der Waals surface area contributed by atoms with Crippen molar-refractivity contribution in [2.75, 3.05) is 0 Å². The number of para-hydroxylation sites is 1. The Morgan fingerprint density at radius 2 is 1.24 bits per heavy atom. The molecule has 0 bridgehead atoms. The van der Waals surface area contributed by atoms with Crippen molar-refractivity contribution in [1.82, 2.24) is 14.5 Å². The van der Waals surface area contributed by atoms with Crippen LogP contribution in [0.2, 0.25) is 0 Å². The fourth-order valence-electron chi connectivity index (χ4n) is 7.88. The molecule has 0 saturated carbocycles. The molecule has 0 aliphatic rings. The summed E-state index contributed by atoms with van der Waals surface area (Å²) in [6, 6.07) is 29.2. The lowest BCUT2D eigenvalue weighted by Gasteiger charge is -2.27. The highest BCUT2D eigenvalue weighted by molar-refractivity contribution is 5.97. The van der Waals surface area contributed by atoms with Crippen molar-refractivity contribution in [2.24, 2.45) is 0 Å². The summed E-state index contributed by atoms with van der Waals surface area (Å²) < 4.78 is 139. The number of nitrogens with zero attached hydrogens (tertiary/aromatic N) is 3. The van der Waals surface area contributed by atoms with Crippen LogP contribution < -0.4 is 0 Å². The second-order valence-corrected chi connectivity index (χ2v) is 19.4. The monoisotopic (exact) mass is 846 g/mol. The van der Waals surface area contributed by atoms with Gasteiger partial charge in [0.1, 0.15) is 11.6 Å². The standard InChI is InChI=1S/C59H63N3O/c1-37-30-46(26-27-47(37)39-18-15-14-16-19-39)62-52-21-17-20-48(53(52)61-55(62)49-35-45(58(8,9)10)36-50(54(49)63)59(11,12)13)41-31-42(33-44(32-41)57(5,6)7)51-34-40(28-29-60-51)38-22-24-43(25-23-38)56(2,3)4/h14-36,63H,1-13H3/i1D3,2D3,3D3,4D3,22D,23D,24D,25D. The van der Waals surface area contributed by atoms with E-state index in [2.05, 4.69) is 20.8 Å². The number of fused-ring (bicyclic) bond motifs is 1. The van der Waals surface area contributed by atoms with E-state index in [0.29, 0.717) is 61.6 Å². The Bertz CT molecular complexity index is 3610. The number of aromatic nitrogens is 3. The van der Waals surface area contributed by atoms with Gasteiger partial charge in [-0.05, 0) is 127 Å². The lowest BCUT2D eigenvalue weighted by atomic mass is 9.79. The zero-order chi connectivity index (χ0) is 58.7. The molecule has 2 aromatic heterocycles. The summed E-state index contributed by atoms with van der Waals surface area (Å²) in [7, 11) is 0. The average molecular weight is 846 g/mol. The minimum absolute atomic E-state index is 0.0288. The molecule has 0 spiro atoms. The van der Waals surface area contributed by atoms with Crippen molar-refractivity contribution >= 4 is 11.0 Å².